The molecule has 1 N–H and O–H groups in total. The number of rotatable bonds is 5. The van der Waals surface area contributed by atoms with Crippen LogP contribution >= 0.6 is 38.9 Å². The summed E-state index contributed by atoms with van der Waals surface area (Å²) in [7, 11) is 0. The minimum absolute atomic E-state index is 0.0994. The van der Waals surface area contributed by atoms with Gasteiger partial charge in [0.1, 0.15) is 5.82 Å². The lowest BCUT2D eigenvalue weighted by molar-refractivity contribution is 0.546. The first kappa shape index (κ1) is 15.0. The number of likely N-dealkylation sites (N-methyl/N-ethyl adjacent to an activating group) is 1. The highest BCUT2D eigenvalue weighted by Gasteiger charge is 2.14. The Labute approximate surface area is 129 Å². The van der Waals surface area contributed by atoms with E-state index in [-0.39, 0.29) is 16.9 Å². The van der Waals surface area contributed by atoms with Crippen molar-refractivity contribution >= 4 is 38.9 Å². The minimum atomic E-state index is -0.366. The fraction of sp³-hybridized carbons (Fsp3) is 0.286. The van der Waals surface area contributed by atoms with E-state index >= 15 is 0 Å². The Kier molecular flexibility index (Phi) is 5.39. The average molecular weight is 363 g/mol. The number of hydrogen-bond acceptors (Lipinski definition) is 2. The van der Waals surface area contributed by atoms with Gasteiger partial charge in [0.05, 0.1) is 8.81 Å². The zero-order valence-electron chi connectivity index (χ0n) is 10.4. The molecule has 1 aromatic heterocycles. The molecular formula is C14H14BrClFNS. The number of thiophene rings is 1. The smallest absolute Gasteiger partial charge is 0.142 e. The molecule has 19 heavy (non-hydrogen) atoms. The molecule has 0 saturated heterocycles. The Morgan fingerprint density at radius 2 is 2.16 bits per heavy atom. The van der Waals surface area contributed by atoms with Crippen molar-refractivity contribution in [3.8, 4) is 0 Å². The predicted molar refractivity (Wildman–Crippen MR) is 83.6 cm³/mol. The first-order valence-electron chi connectivity index (χ1n) is 6.02. The summed E-state index contributed by atoms with van der Waals surface area (Å²) in [6.45, 7) is 2.88. The van der Waals surface area contributed by atoms with Crippen molar-refractivity contribution < 1.29 is 4.39 Å². The SMILES string of the molecule is CCNC(Cc1ccc(Br)s1)c1ccc(Cl)c(F)c1. The maximum atomic E-state index is 13.6. The summed E-state index contributed by atoms with van der Waals surface area (Å²) in [6, 6.07) is 9.22. The van der Waals surface area contributed by atoms with Gasteiger partial charge in [-0.05, 0) is 52.3 Å². The maximum absolute atomic E-state index is 13.6. The zero-order chi connectivity index (χ0) is 13.8. The van der Waals surface area contributed by atoms with Crippen molar-refractivity contribution in [3.63, 3.8) is 0 Å². The van der Waals surface area contributed by atoms with E-state index in [0.717, 1.165) is 22.3 Å². The molecule has 0 saturated carbocycles. The molecule has 0 radical (unpaired) electrons. The molecule has 0 aliphatic carbocycles. The normalized spacial score (nSPS) is 12.6. The summed E-state index contributed by atoms with van der Waals surface area (Å²) in [4.78, 5) is 1.26. The fourth-order valence-electron chi connectivity index (χ4n) is 1.95. The van der Waals surface area contributed by atoms with Gasteiger partial charge in [-0.15, -0.1) is 11.3 Å². The largest absolute Gasteiger partial charge is 0.310 e. The van der Waals surface area contributed by atoms with Crippen LogP contribution in [-0.4, -0.2) is 6.54 Å². The molecule has 0 aliphatic heterocycles. The van der Waals surface area contributed by atoms with Gasteiger partial charge >= 0.3 is 0 Å². The summed E-state index contributed by atoms with van der Waals surface area (Å²) < 4.78 is 14.7. The van der Waals surface area contributed by atoms with Crippen molar-refractivity contribution in [2.24, 2.45) is 0 Å². The Morgan fingerprint density at radius 1 is 1.37 bits per heavy atom. The van der Waals surface area contributed by atoms with Gasteiger partial charge in [-0.2, -0.15) is 0 Å². The predicted octanol–water partition coefficient (Wildman–Crippen LogP) is 5.20. The van der Waals surface area contributed by atoms with Crippen LogP contribution in [0.2, 0.25) is 5.02 Å². The van der Waals surface area contributed by atoms with Gasteiger partial charge in [0.15, 0.2) is 0 Å². The van der Waals surface area contributed by atoms with Crippen LogP contribution in [0.4, 0.5) is 4.39 Å². The molecule has 2 rings (SSSR count). The highest BCUT2D eigenvalue weighted by atomic mass is 79.9. The summed E-state index contributed by atoms with van der Waals surface area (Å²) in [5.41, 5.74) is 0.924. The second-order valence-corrected chi connectivity index (χ2v) is 7.15. The maximum Gasteiger partial charge on any atom is 0.142 e. The number of halogens is 3. The van der Waals surface area contributed by atoms with Crippen LogP contribution in [0.3, 0.4) is 0 Å². The van der Waals surface area contributed by atoms with E-state index in [0.29, 0.717) is 0 Å². The first-order valence-corrected chi connectivity index (χ1v) is 8.01. The first-order chi connectivity index (χ1) is 9.10. The fourth-order valence-corrected chi connectivity index (χ4v) is 3.59. The molecule has 2 aromatic rings. The number of hydrogen-bond donors (Lipinski definition) is 1. The monoisotopic (exact) mass is 361 g/mol. The van der Waals surface area contributed by atoms with Gasteiger partial charge in [0.25, 0.3) is 0 Å². The van der Waals surface area contributed by atoms with Crippen LogP contribution in [0.5, 0.6) is 0 Å². The van der Waals surface area contributed by atoms with Crippen LogP contribution in [0, 0.1) is 5.82 Å². The van der Waals surface area contributed by atoms with Crippen molar-refractivity contribution in [1.29, 1.82) is 0 Å². The molecule has 1 aromatic carbocycles. The van der Waals surface area contributed by atoms with Crippen LogP contribution in [-0.2, 0) is 6.42 Å². The summed E-state index contributed by atoms with van der Waals surface area (Å²) in [5, 5.41) is 3.55. The molecule has 0 amide bonds. The zero-order valence-corrected chi connectivity index (χ0v) is 13.6. The lowest BCUT2D eigenvalue weighted by Crippen LogP contribution is -2.22. The molecular weight excluding hydrogens is 349 g/mol. The van der Waals surface area contributed by atoms with Crippen molar-refractivity contribution in [2.45, 2.75) is 19.4 Å². The number of benzene rings is 1. The number of nitrogens with one attached hydrogen (secondary N) is 1. The third-order valence-corrected chi connectivity index (χ3v) is 4.78. The van der Waals surface area contributed by atoms with Crippen molar-refractivity contribution in [3.05, 3.63) is 55.4 Å². The minimum Gasteiger partial charge on any atom is -0.310 e. The standard InChI is InChI=1S/C14H14BrClFNS/c1-2-18-13(8-10-4-6-14(15)19-10)9-3-5-11(16)12(17)7-9/h3-7,13,18H,2,8H2,1H3. The Hall–Kier alpha value is -0.420. The van der Waals surface area contributed by atoms with Crippen LogP contribution in [0.15, 0.2) is 34.1 Å². The highest BCUT2D eigenvalue weighted by Crippen LogP contribution is 2.28. The van der Waals surface area contributed by atoms with Crippen molar-refractivity contribution in [1.82, 2.24) is 5.32 Å². The molecule has 0 bridgehead atoms. The summed E-state index contributed by atoms with van der Waals surface area (Å²) >= 11 is 10.9. The van der Waals surface area contributed by atoms with Gasteiger partial charge in [0.2, 0.25) is 0 Å². The van der Waals surface area contributed by atoms with E-state index < -0.39 is 0 Å². The van der Waals surface area contributed by atoms with E-state index in [1.165, 1.54) is 10.9 Å². The molecule has 1 unspecified atom stereocenters. The molecule has 0 aliphatic rings. The molecule has 0 fully saturated rings. The molecule has 5 heteroatoms. The lowest BCUT2D eigenvalue weighted by atomic mass is 10.0. The van der Waals surface area contributed by atoms with E-state index in [1.807, 2.05) is 19.1 Å². The van der Waals surface area contributed by atoms with Crippen LogP contribution in [0.25, 0.3) is 0 Å². The molecule has 102 valence electrons. The summed E-state index contributed by atoms with van der Waals surface area (Å²) in [5.74, 6) is -0.366. The van der Waals surface area contributed by atoms with Gasteiger partial charge in [-0.3, -0.25) is 0 Å². The van der Waals surface area contributed by atoms with E-state index in [2.05, 4.69) is 27.3 Å². The van der Waals surface area contributed by atoms with Gasteiger partial charge < -0.3 is 5.32 Å². The van der Waals surface area contributed by atoms with E-state index in [9.17, 15) is 4.39 Å². The van der Waals surface area contributed by atoms with Crippen molar-refractivity contribution in [2.75, 3.05) is 6.54 Å². The average Bonchev–Trinajstić information content (AvgIpc) is 2.78. The second-order valence-electron chi connectivity index (χ2n) is 4.19. The lowest BCUT2D eigenvalue weighted by Gasteiger charge is -2.18. The third kappa shape index (κ3) is 4.02. The molecule has 1 nitrogen and oxygen atoms in total. The molecule has 1 atom stereocenters. The highest BCUT2D eigenvalue weighted by molar-refractivity contribution is 9.11. The van der Waals surface area contributed by atoms with Crippen LogP contribution < -0.4 is 5.32 Å². The van der Waals surface area contributed by atoms with Gasteiger partial charge in [0, 0.05) is 17.3 Å². The quantitative estimate of drug-likeness (QED) is 0.771. The van der Waals surface area contributed by atoms with E-state index in [4.69, 9.17) is 11.6 Å². The topological polar surface area (TPSA) is 12.0 Å². The Balaban J connectivity index is 2.21. The second kappa shape index (κ2) is 6.84. The molecule has 0 spiro atoms. The van der Waals surface area contributed by atoms with Gasteiger partial charge in [-0.1, -0.05) is 24.6 Å². The van der Waals surface area contributed by atoms with E-state index in [1.54, 1.807) is 17.4 Å². The Bertz CT molecular complexity index is 558. The summed E-state index contributed by atoms with van der Waals surface area (Å²) in [6.07, 6.45) is 0.838. The third-order valence-electron chi connectivity index (χ3n) is 2.83. The van der Waals surface area contributed by atoms with Gasteiger partial charge in [-0.25, -0.2) is 4.39 Å². The molecule has 1 heterocycles. The van der Waals surface area contributed by atoms with Crippen LogP contribution in [0.1, 0.15) is 23.4 Å². The Morgan fingerprint density at radius 3 is 2.74 bits per heavy atom.